The van der Waals surface area contributed by atoms with Crippen LogP contribution in [0.4, 0.5) is 0 Å². The zero-order chi connectivity index (χ0) is 22.0. The molecule has 0 aliphatic carbocycles. The lowest BCUT2D eigenvalue weighted by molar-refractivity contribution is -0.114. The molecule has 0 spiro atoms. The summed E-state index contributed by atoms with van der Waals surface area (Å²) in [6, 6.07) is 0. The first-order valence-electron chi connectivity index (χ1n) is 13.3. The van der Waals surface area contributed by atoms with E-state index in [1.54, 1.807) is 0 Å². The van der Waals surface area contributed by atoms with Gasteiger partial charge in [-0.25, -0.2) is 0 Å². The first-order valence-corrected chi connectivity index (χ1v) is 13.3. The molecule has 0 atom stereocenters. The molecular formula is C27H57NO. The lowest BCUT2D eigenvalue weighted by atomic mass is 10.1. The van der Waals surface area contributed by atoms with Gasteiger partial charge in [0, 0.05) is 0 Å². The molecule has 0 N–H and O–H groups in total. The van der Waals surface area contributed by atoms with Crippen molar-refractivity contribution < 1.29 is 4.79 Å². The molecule has 0 bridgehead atoms. The maximum absolute atomic E-state index is 9.44. The summed E-state index contributed by atoms with van der Waals surface area (Å²) >= 11 is 0. The molecule has 0 fully saturated rings. The van der Waals surface area contributed by atoms with Crippen LogP contribution in [0.3, 0.4) is 0 Å². The van der Waals surface area contributed by atoms with Crippen LogP contribution in [-0.4, -0.2) is 30.3 Å². The van der Waals surface area contributed by atoms with Gasteiger partial charge in [0.05, 0.1) is 0 Å². The minimum Gasteiger partial charge on any atom is -0.303 e. The van der Waals surface area contributed by atoms with E-state index in [1.807, 2.05) is 0 Å². The monoisotopic (exact) mass is 411 g/mol. The highest BCUT2D eigenvalue weighted by molar-refractivity contribution is 5.72. The van der Waals surface area contributed by atoms with Crippen molar-refractivity contribution in [3.8, 4) is 0 Å². The average molecular weight is 412 g/mol. The van der Waals surface area contributed by atoms with Crippen LogP contribution in [0.25, 0.3) is 0 Å². The van der Waals surface area contributed by atoms with Crippen molar-refractivity contribution in [1.82, 2.24) is 4.90 Å². The summed E-state index contributed by atoms with van der Waals surface area (Å²) in [4.78, 5) is 12.2. The Bertz CT molecular complexity index is 261. The van der Waals surface area contributed by atoms with Crippen molar-refractivity contribution in [2.75, 3.05) is 19.6 Å². The second-order valence-electron chi connectivity index (χ2n) is 9.05. The Labute approximate surface area is 185 Å². The van der Waals surface area contributed by atoms with Crippen LogP contribution in [0.1, 0.15) is 150 Å². The summed E-state index contributed by atoms with van der Waals surface area (Å²) in [7, 11) is 0. The van der Waals surface area contributed by atoms with E-state index in [4.69, 9.17) is 0 Å². The molecule has 0 radical (unpaired) electrons. The smallest absolute Gasteiger partial charge is 0.126 e. The molecular weight excluding hydrogens is 354 g/mol. The predicted octanol–water partition coefficient (Wildman–Crippen LogP) is 8.97. The zero-order valence-electron chi connectivity index (χ0n) is 21.2. The quantitative estimate of drug-likeness (QED) is 0.176. The highest BCUT2D eigenvalue weighted by Crippen LogP contribution is 2.11. The van der Waals surface area contributed by atoms with Gasteiger partial charge in [-0.15, -0.1) is 0 Å². The zero-order valence-corrected chi connectivity index (χ0v) is 21.2. The lowest BCUT2D eigenvalue weighted by Gasteiger charge is -2.22. The molecule has 0 aromatic heterocycles. The first kappa shape index (κ1) is 30.8. The number of carbonyl (C=O) groups excluding carboxylic acids is 1. The van der Waals surface area contributed by atoms with Crippen LogP contribution in [0.5, 0.6) is 0 Å². The minimum absolute atomic E-state index is 0.167. The number of Topliss-reactive ketones (excluding diaryl/α,β-unsaturated/α-hetero) is 1. The summed E-state index contributed by atoms with van der Waals surface area (Å²) in [6.07, 6.45) is 25.7. The van der Waals surface area contributed by atoms with E-state index in [2.05, 4.69) is 25.7 Å². The maximum atomic E-state index is 9.44. The molecule has 0 saturated heterocycles. The van der Waals surface area contributed by atoms with Gasteiger partial charge in [-0.05, 0) is 52.7 Å². The molecule has 176 valence electrons. The lowest BCUT2D eigenvalue weighted by Crippen LogP contribution is -2.27. The van der Waals surface area contributed by atoms with Gasteiger partial charge in [0.2, 0.25) is 0 Å². The molecule has 0 amide bonds. The Morgan fingerprint density at radius 1 is 0.448 bits per heavy atom. The Kier molecular flexibility index (Phi) is 29.4. The average Bonchev–Trinajstić information content (AvgIpc) is 2.68. The van der Waals surface area contributed by atoms with Gasteiger partial charge >= 0.3 is 0 Å². The fraction of sp³-hybridized carbons (Fsp3) is 0.963. The summed E-state index contributed by atoms with van der Waals surface area (Å²) in [5, 5.41) is 0. The number of hydrogen-bond donors (Lipinski definition) is 0. The van der Waals surface area contributed by atoms with E-state index in [9.17, 15) is 4.79 Å². The molecule has 0 heterocycles. The Morgan fingerprint density at radius 3 is 0.897 bits per heavy atom. The van der Waals surface area contributed by atoms with Crippen molar-refractivity contribution in [2.24, 2.45) is 0 Å². The summed E-state index contributed by atoms with van der Waals surface area (Å²) in [5.41, 5.74) is 0. The topological polar surface area (TPSA) is 20.3 Å². The van der Waals surface area contributed by atoms with E-state index in [-0.39, 0.29) is 5.78 Å². The SMILES string of the molecule is CC(C)=O.CCCCCCCCN(CCCCCCCC)CCCCCCCC. The molecule has 0 aromatic rings. The summed E-state index contributed by atoms with van der Waals surface area (Å²) in [5.74, 6) is 0.167. The van der Waals surface area contributed by atoms with E-state index in [1.165, 1.54) is 149 Å². The van der Waals surface area contributed by atoms with Crippen molar-refractivity contribution in [3.05, 3.63) is 0 Å². The largest absolute Gasteiger partial charge is 0.303 e. The number of rotatable bonds is 21. The minimum atomic E-state index is 0.167. The van der Waals surface area contributed by atoms with E-state index in [0.717, 1.165) is 0 Å². The summed E-state index contributed by atoms with van der Waals surface area (Å²) in [6.45, 7) is 14.1. The Morgan fingerprint density at radius 2 is 0.655 bits per heavy atom. The van der Waals surface area contributed by atoms with Crippen LogP contribution in [0.15, 0.2) is 0 Å². The number of carbonyl (C=O) groups is 1. The third-order valence-electron chi connectivity index (χ3n) is 5.48. The molecule has 0 aliphatic rings. The second-order valence-corrected chi connectivity index (χ2v) is 9.05. The van der Waals surface area contributed by atoms with Gasteiger partial charge in [0.1, 0.15) is 5.78 Å². The Hall–Kier alpha value is -0.370. The van der Waals surface area contributed by atoms with Crippen LogP contribution in [0.2, 0.25) is 0 Å². The van der Waals surface area contributed by atoms with Crippen LogP contribution < -0.4 is 0 Å². The third-order valence-corrected chi connectivity index (χ3v) is 5.48. The predicted molar refractivity (Wildman–Crippen MR) is 133 cm³/mol. The number of unbranched alkanes of at least 4 members (excludes halogenated alkanes) is 15. The number of nitrogens with zero attached hydrogens (tertiary/aromatic N) is 1. The van der Waals surface area contributed by atoms with Crippen LogP contribution in [0, 0.1) is 0 Å². The van der Waals surface area contributed by atoms with E-state index in [0.29, 0.717) is 0 Å². The number of hydrogen-bond acceptors (Lipinski definition) is 2. The maximum Gasteiger partial charge on any atom is 0.126 e. The second kappa shape index (κ2) is 27.6. The summed E-state index contributed by atoms with van der Waals surface area (Å²) < 4.78 is 0. The van der Waals surface area contributed by atoms with Crippen molar-refractivity contribution in [1.29, 1.82) is 0 Å². The molecule has 0 unspecified atom stereocenters. The molecule has 0 saturated carbocycles. The van der Waals surface area contributed by atoms with Gasteiger partial charge in [0.15, 0.2) is 0 Å². The van der Waals surface area contributed by atoms with Crippen molar-refractivity contribution in [3.63, 3.8) is 0 Å². The normalized spacial score (nSPS) is 10.8. The highest BCUT2D eigenvalue weighted by Gasteiger charge is 2.05. The molecule has 2 heteroatoms. The van der Waals surface area contributed by atoms with Gasteiger partial charge in [-0.3, -0.25) is 0 Å². The molecule has 0 aromatic carbocycles. The van der Waals surface area contributed by atoms with Gasteiger partial charge in [-0.2, -0.15) is 0 Å². The van der Waals surface area contributed by atoms with Crippen LogP contribution in [-0.2, 0) is 4.79 Å². The fourth-order valence-electron chi connectivity index (χ4n) is 3.68. The van der Waals surface area contributed by atoms with Crippen molar-refractivity contribution >= 4 is 5.78 Å². The van der Waals surface area contributed by atoms with E-state index < -0.39 is 0 Å². The van der Waals surface area contributed by atoms with Crippen LogP contribution >= 0.6 is 0 Å². The fourth-order valence-corrected chi connectivity index (χ4v) is 3.68. The number of ketones is 1. The molecule has 0 aliphatic heterocycles. The Balaban J connectivity index is 0. The molecule has 2 nitrogen and oxygen atoms in total. The van der Waals surface area contributed by atoms with Gasteiger partial charge < -0.3 is 9.69 Å². The molecule has 0 rings (SSSR count). The van der Waals surface area contributed by atoms with Gasteiger partial charge in [-0.1, -0.05) is 117 Å². The standard InChI is InChI=1S/C24H51N.C3H6O/c1-4-7-10-13-16-19-22-25(23-20-17-14-11-8-5-2)24-21-18-15-12-9-6-3;1-3(2)4/h4-24H2,1-3H3;1-2H3. The van der Waals surface area contributed by atoms with E-state index >= 15 is 0 Å². The first-order chi connectivity index (χ1) is 14.1. The van der Waals surface area contributed by atoms with Crippen molar-refractivity contribution in [2.45, 2.75) is 150 Å². The third kappa shape index (κ3) is 32.5. The molecule has 29 heavy (non-hydrogen) atoms. The van der Waals surface area contributed by atoms with Gasteiger partial charge in [0.25, 0.3) is 0 Å². The highest BCUT2D eigenvalue weighted by atomic mass is 16.1.